The van der Waals surface area contributed by atoms with Crippen LogP contribution in [0.1, 0.15) is 30.5 Å². The summed E-state index contributed by atoms with van der Waals surface area (Å²) < 4.78 is 0. The van der Waals surface area contributed by atoms with Crippen molar-refractivity contribution in [2.75, 3.05) is 5.75 Å². The highest BCUT2D eigenvalue weighted by Crippen LogP contribution is 2.20. The molecule has 0 fully saturated rings. The predicted octanol–water partition coefficient (Wildman–Crippen LogP) is 4.92. The quantitative estimate of drug-likeness (QED) is 0.642. The van der Waals surface area contributed by atoms with Gasteiger partial charge in [0, 0.05) is 5.75 Å². The molecule has 0 aliphatic heterocycles. The van der Waals surface area contributed by atoms with E-state index in [0.717, 1.165) is 23.5 Å². The molecule has 1 aromatic rings. The fraction of sp³-hybridized carbons (Fsp3) is 0.375. The SMILES string of the molecule is C=C(CSC(=C)C)Cc1ccc(CC)cc1C. The van der Waals surface area contributed by atoms with Gasteiger partial charge in [0.05, 0.1) is 0 Å². The first-order valence-electron chi connectivity index (χ1n) is 6.06. The summed E-state index contributed by atoms with van der Waals surface area (Å²) in [6.07, 6.45) is 2.09. The fourth-order valence-corrected chi connectivity index (χ4v) is 2.27. The summed E-state index contributed by atoms with van der Waals surface area (Å²) in [6.45, 7) is 14.5. The molecule has 0 aromatic heterocycles. The zero-order valence-electron chi connectivity index (χ0n) is 11.2. The van der Waals surface area contributed by atoms with Crippen LogP contribution in [0.2, 0.25) is 0 Å². The van der Waals surface area contributed by atoms with Gasteiger partial charge < -0.3 is 0 Å². The highest BCUT2D eigenvalue weighted by Gasteiger charge is 2.02. The van der Waals surface area contributed by atoms with Gasteiger partial charge in [0.25, 0.3) is 0 Å². The van der Waals surface area contributed by atoms with Gasteiger partial charge in [-0.2, -0.15) is 0 Å². The van der Waals surface area contributed by atoms with Gasteiger partial charge >= 0.3 is 0 Å². The van der Waals surface area contributed by atoms with Crippen molar-refractivity contribution in [3.63, 3.8) is 0 Å². The smallest absolute Gasteiger partial charge is 0.0187 e. The molecule has 0 aliphatic rings. The molecule has 0 radical (unpaired) electrons. The molecule has 1 aromatic carbocycles. The van der Waals surface area contributed by atoms with E-state index in [1.54, 1.807) is 11.8 Å². The van der Waals surface area contributed by atoms with E-state index < -0.39 is 0 Å². The molecule has 0 amide bonds. The molecule has 0 aliphatic carbocycles. The van der Waals surface area contributed by atoms with E-state index in [9.17, 15) is 0 Å². The third-order valence-electron chi connectivity index (χ3n) is 2.78. The Bertz CT molecular complexity index is 416. The Morgan fingerprint density at radius 1 is 1.29 bits per heavy atom. The Hall–Kier alpha value is -0.950. The van der Waals surface area contributed by atoms with E-state index >= 15 is 0 Å². The van der Waals surface area contributed by atoms with Crippen LogP contribution in [0.4, 0.5) is 0 Å². The van der Waals surface area contributed by atoms with Crippen molar-refractivity contribution in [1.82, 2.24) is 0 Å². The van der Waals surface area contributed by atoms with Crippen LogP contribution in [-0.2, 0) is 12.8 Å². The molecule has 0 atom stereocenters. The molecule has 0 unspecified atom stereocenters. The van der Waals surface area contributed by atoms with Crippen LogP contribution in [0.15, 0.2) is 41.8 Å². The molecule has 92 valence electrons. The summed E-state index contributed by atoms with van der Waals surface area (Å²) in [6, 6.07) is 6.75. The molecule has 0 N–H and O–H groups in total. The normalized spacial score (nSPS) is 10.3. The van der Waals surface area contributed by atoms with Gasteiger partial charge in [0.1, 0.15) is 0 Å². The summed E-state index contributed by atoms with van der Waals surface area (Å²) in [4.78, 5) is 1.16. The molecule has 0 bridgehead atoms. The van der Waals surface area contributed by atoms with Crippen molar-refractivity contribution in [1.29, 1.82) is 0 Å². The number of hydrogen-bond donors (Lipinski definition) is 0. The van der Waals surface area contributed by atoms with Crippen LogP contribution in [0.3, 0.4) is 0 Å². The van der Waals surface area contributed by atoms with Gasteiger partial charge in [-0.3, -0.25) is 0 Å². The third kappa shape index (κ3) is 4.82. The highest BCUT2D eigenvalue weighted by molar-refractivity contribution is 8.03. The maximum absolute atomic E-state index is 4.14. The number of hydrogen-bond acceptors (Lipinski definition) is 1. The first kappa shape index (κ1) is 14.1. The van der Waals surface area contributed by atoms with Crippen molar-refractivity contribution < 1.29 is 0 Å². The summed E-state index contributed by atoms with van der Waals surface area (Å²) in [5.41, 5.74) is 5.46. The largest absolute Gasteiger partial charge is 0.127 e. The monoisotopic (exact) mass is 246 g/mol. The minimum Gasteiger partial charge on any atom is -0.127 e. The molecule has 0 saturated heterocycles. The Balaban J connectivity index is 2.62. The minimum absolute atomic E-state index is 0.976. The zero-order valence-corrected chi connectivity index (χ0v) is 12.0. The molecule has 1 heteroatoms. The van der Waals surface area contributed by atoms with Crippen molar-refractivity contribution in [2.24, 2.45) is 0 Å². The van der Waals surface area contributed by atoms with Gasteiger partial charge in [-0.1, -0.05) is 43.9 Å². The van der Waals surface area contributed by atoms with Crippen LogP contribution in [0.25, 0.3) is 0 Å². The number of rotatable bonds is 6. The molecule has 1 rings (SSSR count). The number of aryl methyl sites for hydroxylation is 2. The standard InChI is InChI=1S/C16H22S/c1-6-15-7-8-16(14(5)10-15)9-13(4)11-17-12(2)3/h7-8,10H,2,4,6,9,11H2,1,3,5H3. The van der Waals surface area contributed by atoms with Crippen LogP contribution < -0.4 is 0 Å². The van der Waals surface area contributed by atoms with E-state index in [4.69, 9.17) is 0 Å². The Morgan fingerprint density at radius 2 is 2.00 bits per heavy atom. The average molecular weight is 246 g/mol. The maximum atomic E-state index is 4.14. The van der Waals surface area contributed by atoms with E-state index in [1.807, 2.05) is 6.92 Å². The van der Waals surface area contributed by atoms with Crippen molar-refractivity contribution >= 4 is 11.8 Å². The molecule has 0 saturated carbocycles. The average Bonchev–Trinajstić information content (AvgIpc) is 2.29. The molecular formula is C16H22S. The lowest BCUT2D eigenvalue weighted by atomic mass is 9.99. The Kier molecular flexibility index (Phi) is 5.57. The minimum atomic E-state index is 0.976. The van der Waals surface area contributed by atoms with Crippen molar-refractivity contribution in [2.45, 2.75) is 33.6 Å². The van der Waals surface area contributed by atoms with Crippen molar-refractivity contribution in [3.8, 4) is 0 Å². The lowest BCUT2D eigenvalue weighted by Crippen LogP contribution is -1.96. The van der Waals surface area contributed by atoms with E-state index in [-0.39, 0.29) is 0 Å². The topological polar surface area (TPSA) is 0 Å². The molecular weight excluding hydrogens is 224 g/mol. The van der Waals surface area contributed by atoms with Gasteiger partial charge in [-0.25, -0.2) is 0 Å². The second-order valence-corrected chi connectivity index (χ2v) is 5.81. The van der Waals surface area contributed by atoms with Gasteiger partial charge in [-0.05, 0) is 48.3 Å². The van der Waals surface area contributed by atoms with E-state index in [1.165, 1.54) is 22.3 Å². The molecule has 0 spiro atoms. The first-order valence-corrected chi connectivity index (χ1v) is 7.04. The van der Waals surface area contributed by atoms with Crippen LogP contribution in [0, 0.1) is 6.92 Å². The van der Waals surface area contributed by atoms with Crippen LogP contribution in [-0.4, -0.2) is 5.75 Å². The fourth-order valence-electron chi connectivity index (χ4n) is 1.72. The Labute approximate surface area is 110 Å². The van der Waals surface area contributed by atoms with Gasteiger partial charge in [0.2, 0.25) is 0 Å². The Morgan fingerprint density at radius 3 is 2.53 bits per heavy atom. The highest BCUT2D eigenvalue weighted by atomic mass is 32.2. The molecule has 0 heterocycles. The lowest BCUT2D eigenvalue weighted by molar-refractivity contribution is 1.09. The van der Waals surface area contributed by atoms with Crippen molar-refractivity contribution in [3.05, 3.63) is 58.5 Å². The molecule has 17 heavy (non-hydrogen) atoms. The second kappa shape index (κ2) is 6.70. The lowest BCUT2D eigenvalue weighted by Gasteiger charge is -2.10. The summed E-state index contributed by atoms with van der Waals surface area (Å²) >= 11 is 1.78. The second-order valence-electron chi connectivity index (χ2n) is 4.53. The van der Waals surface area contributed by atoms with E-state index in [0.29, 0.717) is 0 Å². The maximum Gasteiger partial charge on any atom is 0.0187 e. The van der Waals surface area contributed by atoms with Gasteiger partial charge in [0.15, 0.2) is 0 Å². The van der Waals surface area contributed by atoms with E-state index in [2.05, 4.69) is 45.2 Å². The number of thioether (sulfide) groups is 1. The summed E-state index contributed by atoms with van der Waals surface area (Å²) in [5, 5.41) is 0. The van der Waals surface area contributed by atoms with Crippen LogP contribution in [0.5, 0.6) is 0 Å². The summed E-state index contributed by atoms with van der Waals surface area (Å²) in [5.74, 6) is 0.976. The predicted molar refractivity (Wildman–Crippen MR) is 80.7 cm³/mol. The first-order chi connectivity index (χ1) is 8.02. The number of allylic oxidation sites excluding steroid dienone is 1. The molecule has 0 nitrogen and oxygen atoms in total. The third-order valence-corrected chi connectivity index (χ3v) is 3.82. The van der Waals surface area contributed by atoms with Crippen LogP contribution >= 0.6 is 11.8 Å². The summed E-state index contributed by atoms with van der Waals surface area (Å²) in [7, 11) is 0. The zero-order chi connectivity index (χ0) is 12.8. The number of benzene rings is 1. The van der Waals surface area contributed by atoms with Gasteiger partial charge in [-0.15, -0.1) is 11.8 Å².